The minimum Gasteiger partial charge on any atom is -0.391 e. The molecule has 4 atom stereocenters. The largest absolute Gasteiger partial charge is 0.391 e. The van der Waals surface area contributed by atoms with Crippen molar-refractivity contribution >= 4 is 29.1 Å². The van der Waals surface area contributed by atoms with Crippen LogP contribution in [0.5, 0.6) is 0 Å². The van der Waals surface area contributed by atoms with E-state index in [-0.39, 0.29) is 42.6 Å². The zero-order valence-electron chi connectivity index (χ0n) is 19.7. The zero-order chi connectivity index (χ0) is 24.3. The number of nitrogens with one attached hydrogen (secondary N) is 2. The van der Waals surface area contributed by atoms with Crippen LogP contribution in [0.1, 0.15) is 51.4 Å². The molecule has 3 amide bonds. The molecule has 2 heterocycles. The zero-order valence-corrected chi connectivity index (χ0v) is 20.5. The Morgan fingerprint density at radius 3 is 2.36 bits per heavy atom. The summed E-state index contributed by atoms with van der Waals surface area (Å²) in [6.07, 6.45) is -0.620. The number of aliphatic hydroxyl groups is 1. The molecule has 0 bridgehead atoms. The first-order valence-electron chi connectivity index (χ1n) is 11.1. The van der Waals surface area contributed by atoms with Gasteiger partial charge < -0.3 is 20.6 Å². The van der Waals surface area contributed by atoms with Crippen LogP contribution in [-0.4, -0.2) is 57.4 Å². The van der Waals surface area contributed by atoms with Gasteiger partial charge in [-0.25, -0.2) is 4.98 Å². The number of aryl methyl sites for hydroxylation is 1. The molecule has 0 aliphatic carbocycles. The van der Waals surface area contributed by atoms with E-state index in [0.717, 1.165) is 21.7 Å². The van der Waals surface area contributed by atoms with Crippen LogP contribution >= 0.6 is 11.3 Å². The van der Waals surface area contributed by atoms with E-state index in [9.17, 15) is 19.5 Å². The van der Waals surface area contributed by atoms with Gasteiger partial charge in [0.1, 0.15) is 12.1 Å². The van der Waals surface area contributed by atoms with Crippen molar-refractivity contribution in [1.29, 1.82) is 0 Å². The van der Waals surface area contributed by atoms with E-state index in [1.165, 1.54) is 11.8 Å². The molecular formula is C24H32N4O4S. The highest BCUT2D eigenvalue weighted by Gasteiger charge is 2.42. The fourth-order valence-electron chi connectivity index (χ4n) is 4.11. The fraction of sp³-hybridized carbons (Fsp3) is 0.500. The molecule has 1 fully saturated rings. The summed E-state index contributed by atoms with van der Waals surface area (Å²) in [6, 6.07) is 6.14. The number of benzene rings is 1. The molecule has 3 rings (SSSR count). The number of amides is 3. The van der Waals surface area contributed by atoms with E-state index in [1.54, 1.807) is 11.3 Å². The minimum absolute atomic E-state index is 0.0665. The van der Waals surface area contributed by atoms with Gasteiger partial charge in [-0.05, 0) is 30.9 Å². The van der Waals surface area contributed by atoms with Crippen molar-refractivity contribution in [3.8, 4) is 10.4 Å². The Hall–Kier alpha value is -2.78. The number of thiazole rings is 1. The number of aliphatic hydroxyl groups excluding tert-OH is 1. The Labute approximate surface area is 198 Å². The molecule has 2 aromatic rings. The summed E-state index contributed by atoms with van der Waals surface area (Å²) in [6.45, 7) is 8.95. The molecule has 1 aromatic heterocycles. The Morgan fingerprint density at radius 2 is 1.82 bits per heavy atom. The Balaban J connectivity index is 1.70. The van der Waals surface area contributed by atoms with Gasteiger partial charge >= 0.3 is 0 Å². The summed E-state index contributed by atoms with van der Waals surface area (Å²) in [5, 5.41) is 15.8. The highest BCUT2D eigenvalue weighted by molar-refractivity contribution is 7.13. The third-order valence-corrected chi connectivity index (χ3v) is 6.91. The van der Waals surface area contributed by atoms with Crippen molar-refractivity contribution in [2.24, 2.45) is 5.92 Å². The maximum absolute atomic E-state index is 13.1. The average Bonchev–Trinajstić information content (AvgIpc) is 3.36. The third kappa shape index (κ3) is 5.78. The van der Waals surface area contributed by atoms with Gasteiger partial charge in [-0.1, -0.05) is 38.1 Å². The van der Waals surface area contributed by atoms with Gasteiger partial charge in [-0.15, -0.1) is 11.3 Å². The lowest BCUT2D eigenvalue weighted by Crippen LogP contribution is -2.55. The van der Waals surface area contributed by atoms with E-state index in [2.05, 4.69) is 15.6 Å². The molecule has 9 heteroatoms. The highest BCUT2D eigenvalue weighted by Crippen LogP contribution is 2.28. The Kier molecular flexibility index (Phi) is 7.86. The number of carbonyl (C=O) groups is 3. The van der Waals surface area contributed by atoms with Crippen molar-refractivity contribution in [2.45, 2.75) is 65.3 Å². The van der Waals surface area contributed by atoms with Gasteiger partial charge in [0.2, 0.25) is 17.7 Å². The molecule has 0 saturated carbocycles. The lowest BCUT2D eigenvalue weighted by atomic mass is 10.0. The summed E-state index contributed by atoms with van der Waals surface area (Å²) in [5.74, 6) is -1.13. The van der Waals surface area contributed by atoms with Crippen LogP contribution in [0.25, 0.3) is 10.4 Å². The molecule has 1 saturated heterocycles. The molecule has 33 heavy (non-hydrogen) atoms. The second kappa shape index (κ2) is 10.4. The number of β-amino-alcohol motifs (C(OH)–C–C–N with tert-alkyl or cyclic N) is 1. The molecule has 1 aromatic carbocycles. The van der Waals surface area contributed by atoms with Crippen molar-refractivity contribution < 1.29 is 19.5 Å². The number of nitrogens with zero attached hydrogens (tertiary/aromatic N) is 2. The molecule has 0 radical (unpaired) electrons. The third-order valence-electron chi connectivity index (χ3n) is 5.93. The second-order valence-corrected chi connectivity index (χ2v) is 9.79. The van der Waals surface area contributed by atoms with Crippen molar-refractivity contribution in [1.82, 2.24) is 20.5 Å². The van der Waals surface area contributed by atoms with Crippen LogP contribution < -0.4 is 10.6 Å². The number of hydrogen-bond donors (Lipinski definition) is 3. The van der Waals surface area contributed by atoms with Crippen LogP contribution in [0.15, 0.2) is 29.8 Å². The first kappa shape index (κ1) is 24.9. The summed E-state index contributed by atoms with van der Waals surface area (Å²) >= 11 is 1.59. The van der Waals surface area contributed by atoms with E-state index >= 15 is 0 Å². The van der Waals surface area contributed by atoms with E-state index in [0.29, 0.717) is 0 Å². The van der Waals surface area contributed by atoms with E-state index < -0.39 is 18.2 Å². The van der Waals surface area contributed by atoms with Gasteiger partial charge in [0, 0.05) is 19.9 Å². The topological polar surface area (TPSA) is 112 Å². The van der Waals surface area contributed by atoms with Gasteiger partial charge in [0.15, 0.2) is 0 Å². The summed E-state index contributed by atoms with van der Waals surface area (Å²) in [5.41, 5.74) is 4.81. The Bertz CT molecular complexity index is 1000. The first-order valence-corrected chi connectivity index (χ1v) is 12.0. The summed E-state index contributed by atoms with van der Waals surface area (Å²) in [7, 11) is 0. The first-order chi connectivity index (χ1) is 15.6. The second-order valence-electron chi connectivity index (χ2n) is 8.94. The predicted molar refractivity (Wildman–Crippen MR) is 127 cm³/mol. The molecule has 1 aliphatic heterocycles. The predicted octanol–water partition coefficient (Wildman–Crippen LogP) is 2.42. The van der Waals surface area contributed by atoms with Crippen LogP contribution in [0, 0.1) is 12.8 Å². The van der Waals surface area contributed by atoms with E-state index in [4.69, 9.17) is 0 Å². The molecule has 3 N–H and O–H groups in total. The van der Waals surface area contributed by atoms with Crippen molar-refractivity contribution in [3.63, 3.8) is 0 Å². The van der Waals surface area contributed by atoms with Gasteiger partial charge in [0.05, 0.1) is 28.2 Å². The van der Waals surface area contributed by atoms with Crippen LogP contribution in [0.4, 0.5) is 0 Å². The highest BCUT2D eigenvalue weighted by atomic mass is 32.1. The van der Waals surface area contributed by atoms with Gasteiger partial charge in [0.25, 0.3) is 0 Å². The lowest BCUT2D eigenvalue weighted by molar-refractivity contribution is -0.142. The standard InChI is InChI=1S/C24H32N4O4S/c1-13(2)21(27-16(5)29)24(32)28-11-19(30)10-20(28)23(31)26-14(3)17-6-8-18(9-7-17)22-15(4)25-12-33-22/h6-9,12-14,19-21,30H,10-11H2,1-5H3,(H,26,31)(H,27,29)/t14-,19+,20-,21-/m0/s1. The normalized spacial score (nSPS) is 19.9. The fourth-order valence-corrected chi connectivity index (χ4v) is 4.92. The van der Waals surface area contributed by atoms with Crippen LogP contribution in [-0.2, 0) is 14.4 Å². The lowest BCUT2D eigenvalue weighted by Gasteiger charge is -2.30. The van der Waals surface area contributed by atoms with E-state index in [1.807, 2.05) is 57.5 Å². The quantitative estimate of drug-likeness (QED) is 0.573. The average molecular weight is 473 g/mol. The smallest absolute Gasteiger partial charge is 0.246 e. The summed E-state index contributed by atoms with van der Waals surface area (Å²) < 4.78 is 0. The van der Waals surface area contributed by atoms with Crippen LogP contribution in [0.3, 0.4) is 0 Å². The van der Waals surface area contributed by atoms with Crippen molar-refractivity contribution in [2.75, 3.05) is 6.54 Å². The molecular weight excluding hydrogens is 440 g/mol. The monoisotopic (exact) mass is 472 g/mol. The van der Waals surface area contributed by atoms with Crippen molar-refractivity contribution in [3.05, 3.63) is 41.0 Å². The number of hydrogen-bond acceptors (Lipinski definition) is 6. The number of rotatable bonds is 7. The maximum Gasteiger partial charge on any atom is 0.246 e. The molecule has 8 nitrogen and oxygen atoms in total. The maximum atomic E-state index is 13.1. The van der Waals surface area contributed by atoms with Gasteiger partial charge in [-0.3, -0.25) is 14.4 Å². The molecule has 178 valence electrons. The number of likely N-dealkylation sites (tertiary alicyclic amines) is 1. The number of aromatic nitrogens is 1. The SMILES string of the molecule is CC(=O)N[C@H](C(=O)N1C[C@H](O)C[C@H]1C(=O)N[C@@H](C)c1ccc(-c2scnc2C)cc1)C(C)C. The molecule has 1 aliphatic rings. The molecule has 0 spiro atoms. The summed E-state index contributed by atoms with van der Waals surface area (Å²) in [4.78, 5) is 44.6. The van der Waals surface area contributed by atoms with Crippen LogP contribution in [0.2, 0.25) is 0 Å². The number of carbonyl (C=O) groups excluding carboxylic acids is 3. The van der Waals surface area contributed by atoms with Gasteiger partial charge in [-0.2, -0.15) is 0 Å². The molecule has 0 unspecified atom stereocenters. The minimum atomic E-state index is -0.788. The Morgan fingerprint density at radius 1 is 1.15 bits per heavy atom.